The molecule has 1 unspecified atom stereocenters. The lowest BCUT2D eigenvalue weighted by Gasteiger charge is -2.11. The lowest BCUT2D eigenvalue weighted by molar-refractivity contribution is 0.579. The predicted molar refractivity (Wildman–Crippen MR) is 67.9 cm³/mol. The van der Waals surface area contributed by atoms with Gasteiger partial charge in [0.1, 0.15) is 11.6 Å². The van der Waals surface area contributed by atoms with Crippen molar-refractivity contribution in [1.82, 2.24) is 4.98 Å². The first-order valence-electron chi connectivity index (χ1n) is 5.24. The first-order valence-corrected chi connectivity index (χ1v) is 6.06. The van der Waals surface area contributed by atoms with E-state index in [4.69, 9.17) is 23.2 Å². The Hall–Kier alpha value is -1.19. The van der Waals surface area contributed by atoms with Crippen molar-refractivity contribution in [2.45, 2.75) is 11.8 Å². The predicted octanol–water partition coefficient (Wildman–Crippen LogP) is 4.54. The van der Waals surface area contributed by atoms with E-state index in [1.165, 1.54) is 18.3 Å². The van der Waals surface area contributed by atoms with E-state index < -0.39 is 17.0 Å². The van der Waals surface area contributed by atoms with Gasteiger partial charge in [0.2, 0.25) is 0 Å². The number of benzene rings is 1. The molecule has 1 heterocycles. The third kappa shape index (κ3) is 3.18. The first-order chi connectivity index (χ1) is 8.56. The molecule has 0 bridgehead atoms. The Morgan fingerprint density at radius 2 is 1.83 bits per heavy atom. The minimum atomic E-state index is -0.642. The fraction of sp³-hybridized carbons (Fsp3) is 0.154. The molecule has 5 heteroatoms. The van der Waals surface area contributed by atoms with E-state index in [1.54, 1.807) is 12.3 Å². The van der Waals surface area contributed by atoms with Crippen LogP contribution in [0.4, 0.5) is 8.78 Å². The number of aromatic nitrogens is 1. The van der Waals surface area contributed by atoms with Crippen molar-refractivity contribution in [2.75, 3.05) is 0 Å². The van der Waals surface area contributed by atoms with E-state index >= 15 is 0 Å². The van der Waals surface area contributed by atoms with Crippen molar-refractivity contribution in [3.8, 4) is 0 Å². The van der Waals surface area contributed by atoms with Gasteiger partial charge >= 0.3 is 0 Å². The Kier molecular flexibility index (Phi) is 4.15. The summed E-state index contributed by atoms with van der Waals surface area (Å²) in [7, 11) is 0. The van der Waals surface area contributed by atoms with Crippen LogP contribution in [0.2, 0.25) is 5.02 Å². The lowest BCUT2D eigenvalue weighted by Crippen LogP contribution is -1.98. The molecule has 1 aromatic carbocycles. The van der Waals surface area contributed by atoms with Gasteiger partial charge in [-0.05, 0) is 35.7 Å². The zero-order chi connectivity index (χ0) is 13.1. The fourth-order valence-electron chi connectivity index (χ4n) is 1.64. The third-order valence-electron chi connectivity index (χ3n) is 2.50. The van der Waals surface area contributed by atoms with Crippen molar-refractivity contribution in [2.24, 2.45) is 0 Å². The number of alkyl halides is 1. The largest absolute Gasteiger partial charge is 0.263 e. The standard InChI is InChI=1S/C13H9Cl2F2N/c14-12(5-8-1-2-18-7-13(8)15)9-3-10(16)6-11(17)4-9/h1-4,6-7,12H,5H2. The molecule has 1 atom stereocenters. The summed E-state index contributed by atoms with van der Waals surface area (Å²) in [5.74, 6) is -1.28. The number of halogens is 4. The summed E-state index contributed by atoms with van der Waals surface area (Å²) in [6.45, 7) is 0. The first kappa shape index (κ1) is 13.2. The van der Waals surface area contributed by atoms with Crippen LogP contribution in [0.25, 0.3) is 0 Å². The molecule has 94 valence electrons. The van der Waals surface area contributed by atoms with Crippen LogP contribution >= 0.6 is 23.2 Å². The van der Waals surface area contributed by atoms with Gasteiger partial charge in [-0.1, -0.05) is 11.6 Å². The maximum Gasteiger partial charge on any atom is 0.126 e. The molecular formula is C13H9Cl2F2N. The number of rotatable bonds is 3. The second-order valence-corrected chi connectivity index (χ2v) is 4.78. The third-order valence-corrected chi connectivity index (χ3v) is 3.25. The average Bonchev–Trinajstić information content (AvgIpc) is 2.31. The molecule has 0 N–H and O–H groups in total. The van der Waals surface area contributed by atoms with Gasteiger partial charge in [-0.2, -0.15) is 0 Å². The second kappa shape index (κ2) is 5.63. The number of hydrogen-bond donors (Lipinski definition) is 0. The summed E-state index contributed by atoms with van der Waals surface area (Å²) in [6.07, 6.45) is 3.48. The molecule has 0 aliphatic carbocycles. The maximum absolute atomic E-state index is 13.1. The Bertz CT molecular complexity index is 540. The quantitative estimate of drug-likeness (QED) is 0.756. The van der Waals surface area contributed by atoms with Gasteiger partial charge in [-0.15, -0.1) is 11.6 Å². The molecular weight excluding hydrogens is 279 g/mol. The van der Waals surface area contributed by atoms with Crippen molar-refractivity contribution in [3.63, 3.8) is 0 Å². The second-order valence-electron chi connectivity index (χ2n) is 3.84. The highest BCUT2D eigenvalue weighted by Gasteiger charge is 2.13. The van der Waals surface area contributed by atoms with Gasteiger partial charge in [-0.25, -0.2) is 8.78 Å². The summed E-state index contributed by atoms with van der Waals surface area (Å²) in [4.78, 5) is 3.86. The van der Waals surface area contributed by atoms with Gasteiger partial charge < -0.3 is 0 Å². The highest BCUT2D eigenvalue weighted by atomic mass is 35.5. The highest BCUT2D eigenvalue weighted by Crippen LogP contribution is 2.28. The van der Waals surface area contributed by atoms with Crippen molar-refractivity contribution in [3.05, 3.63) is 64.4 Å². The lowest BCUT2D eigenvalue weighted by atomic mass is 10.0. The number of pyridine rings is 1. The van der Waals surface area contributed by atoms with Crippen LogP contribution in [-0.2, 0) is 6.42 Å². The van der Waals surface area contributed by atoms with Crippen LogP contribution in [0.1, 0.15) is 16.5 Å². The van der Waals surface area contributed by atoms with Gasteiger partial charge in [0, 0.05) is 18.5 Å². The Morgan fingerprint density at radius 3 is 2.44 bits per heavy atom. The summed E-state index contributed by atoms with van der Waals surface area (Å²) in [5.41, 5.74) is 1.18. The normalized spacial score (nSPS) is 12.4. The van der Waals surface area contributed by atoms with Crippen molar-refractivity contribution in [1.29, 1.82) is 0 Å². The molecule has 0 saturated heterocycles. The van der Waals surface area contributed by atoms with E-state index in [0.717, 1.165) is 11.6 Å². The summed E-state index contributed by atoms with van der Waals surface area (Å²) in [5, 5.41) is -0.0601. The molecule has 0 aliphatic rings. The number of hydrogen-bond acceptors (Lipinski definition) is 1. The van der Waals surface area contributed by atoms with E-state index in [0.29, 0.717) is 17.0 Å². The Morgan fingerprint density at radius 1 is 1.17 bits per heavy atom. The molecule has 2 rings (SSSR count). The molecule has 0 saturated carbocycles. The van der Waals surface area contributed by atoms with Crippen LogP contribution < -0.4 is 0 Å². The highest BCUT2D eigenvalue weighted by molar-refractivity contribution is 6.31. The molecule has 0 spiro atoms. The summed E-state index contributed by atoms with van der Waals surface area (Å²) in [6, 6.07) is 4.98. The Labute approximate surface area is 113 Å². The van der Waals surface area contributed by atoms with E-state index in [2.05, 4.69) is 4.98 Å². The smallest absolute Gasteiger partial charge is 0.126 e. The van der Waals surface area contributed by atoms with Crippen molar-refractivity contribution < 1.29 is 8.78 Å². The van der Waals surface area contributed by atoms with Crippen LogP contribution in [-0.4, -0.2) is 4.98 Å². The topological polar surface area (TPSA) is 12.9 Å². The zero-order valence-electron chi connectivity index (χ0n) is 9.21. The van der Waals surface area contributed by atoms with Gasteiger partial charge in [0.05, 0.1) is 10.4 Å². The Balaban J connectivity index is 2.22. The number of nitrogens with zero attached hydrogens (tertiary/aromatic N) is 1. The SMILES string of the molecule is Fc1cc(F)cc(C(Cl)Cc2ccncc2Cl)c1. The van der Waals surface area contributed by atoms with Crippen LogP contribution in [0.5, 0.6) is 0 Å². The van der Waals surface area contributed by atoms with Crippen molar-refractivity contribution >= 4 is 23.2 Å². The molecule has 0 aliphatic heterocycles. The summed E-state index contributed by atoms with van der Waals surface area (Å²) < 4.78 is 26.1. The van der Waals surface area contributed by atoms with Crippen LogP contribution in [0, 0.1) is 11.6 Å². The minimum Gasteiger partial charge on any atom is -0.263 e. The molecule has 18 heavy (non-hydrogen) atoms. The van der Waals surface area contributed by atoms with Gasteiger partial charge in [0.15, 0.2) is 0 Å². The molecule has 1 aromatic heterocycles. The van der Waals surface area contributed by atoms with Crippen LogP contribution in [0.3, 0.4) is 0 Å². The monoisotopic (exact) mass is 287 g/mol. The summed E-state index contributed by atoms with van der Waals surface area (Å²) >= 11 is 12.1. The average molecular weight is 288 g/mol. The van der Waals surface area contributed by atoms with E-state index in [1.807, 2.05) is 0 Å². The van der Waals surface area contributed by atoms with E-state index in [-0.39, 0.29) is 0 Å². The van der Waals surface area contributed by atoms with Crippen LogP contribution in [0.15, 0.2) is 36.7 Å². The molecule has 0 radical (unpaired) electrons. The van der Waals surface area contributed by atoms with E-state index in [9.17, 15) is 8.78 Å². The fourth-order valence-corrected chi connectivity index (χ4v) is 2.13. The molecule has 0 fully saturated rings. The molecule has 1 nitrogen and oxygen atoms in total. The van der Waals surface area contributed by atoms with Gasteiger partial charge in [0.25, 0.3) is 0 Å². The molecule has 2 aromatic rings. The van der Waals surface area contributed by atoms with Gasteiger partial charge in [-0.3, -0.25) is 4.98 Å². The zero-order valence-corrected chi connectivity index (χ0v) is 10.7. The maximum atomic E-state index is 13.1. The minimum absolute atomic E-state index is 0.381. The molecule has 0 amide bonds.